The van der Waals surface area contributed by atoms with Crippen molar-refractivity contribution in [1.29, 1.82) is 0 Å². The molecular weight excluding hydrogens is 310 g/mol. The summed E-state index contributed by atoms with van der Waals surface area (Å²) >= 11 is 0. The van der Waals surface area contributed by atoms with E-state index < -0.39 is 23.3 Å². The number of hydrogen-bond acceptors (Lipinski definition) is 5. The van der Waals surface area contributed by atoms with Gasteiger partial charge in [-0.3, -0.25) is 14.4 Å². The summed E-state index contributed by atoms with van der Waals surface area (Å²) in [5.74, 6) is -2.82. The first kappa shape index (κ1) is 15.7. The number of carbonyl (C=O) groups is 4. The van der Waals surface area contributed by atoms with Crippen LogP contribution in [0.3, 0.4) is 0 Å². The van der Waals surface area contributed by atoms with E-state index in [4.69, 9.17) is 9.52 Å². The van der Waals surface area contributed by atoms with Gasteiger partial charge in [0.05, 0.1) is 16.7 Å². The molecule has 0 spiro atoms. The zero-order valence-corrected chi connectivity index (χ0v) is 12.9. The van der Waals surface area contributed by atoms with Crippen molar-refractivity contribution in [3.05, 3.63) is 64.0 Å². The van der Waals surface area contributed by atoms with Gasteiger partial charge in [0.2, 0.25) is 11.6 Å². The molecule has 1 N–H and O–H groups in total. The summed E-state index contributed by atoms with van der Waals surface area (Å²) in [4.78, 5) is 47.7. The second kappa shape index (κ2) is 5.49. The molecule has 8 heteroatoms. The Balaban J connectivity index is 2.08. The maximum Gasteiger partial charge on any atom is 0.335 e. The van der Waals surface area contributed by atoms with Gasteiger partial charge in [-0.1, -0.05) is 12.1 Å². The Bertz CT molecular complexity index is 949. The molecule has 6 nitrogen and oxygen atoms in total. The van der Waals surface area contributed by atoms with Crippen LogP contribution in [0.4, 0.5) is 0 Å². The normalized spacial score (nSPS) is 13.8. The van der Waals surface area contributed by atoms with E-state index in [0.717, 1.165) is 6.26 Å². The van der Waals surface area contributed by atoms with Gasteiger partial charge in [0, 0.05) is 5.56 Å². The molecule has 24 heavy (non-hydrogen) atoms. The van der Waals surface area contributed by atoms with E-state index in [0.29, 0.717) is 10.9 Å². The molecule has 2 aromatic rings. The molecule has 0 saturated heterocycles. The molecule has 0 atom stereocenters. The van der Waals surface area contributed by atoms with Gasteiger partial charge in [0.1, 0.15) is 27.7 Å². The highest BCUT2D eigenvalue weighted by Crippen LogP contribution is 2.31. The number of carbonyl (C=O) groups excluding carboxylic acids is 3. The first-order chi connectivity index (χ1) is 11.3. The summed E-state index contributed by atoms with van der Waals surface area (Å²) in [6, 6.07) is 5.30. The third-order valence-electron chi connectivity index (χ3n) is 4.11. The Morgan fingerprint density at radius 1 is 0.917 bits per heavy atom. The molecule has 0 amide bonds. The average Bonchev–Trinajstić information content (AvgIpc) is 3.02. The van der Waals surface area contributed by atoms with Gasteiger partial charge >= 0.3 is 5.97 Å². The smallest absolute Gasteiger partial charge is 0.335 e. The summed E-state index contributed by atoms with van der Waals surface area (Å²) in [7, 11) is 3.19. The van der Waals surface area contributed by atoms with Crippen LogP contribution in [0, 0.1) is 0 Å². The number of fused-ring (bicyclic) bond motifs is 1. The first-order valence-electron chi connectivity index (χ1n) is 7.09. The Labute approximate surface area is 138 Å². The number of carboxylic acids is 1. The molecule has 0 fully saturated rings. The number of benzene rings is 1. The quantitative estimate of drug-likeness (QED) is 0.482. The Morgan fingerprint density at radius 3 is 2.08 bits per heavy atom. The summed E-state index contributed by atoms with van der Waals surface area (Å²) < 4.78 is 5.35. The SMILES string of the molecule is BC1=C(B)c2occ(C(=O)c3ccc(C(=O)O)cc3)c2C(=O)C1=O. The third-order valence-corrected chi connectivity index (χ3v) is 4.11. The van der Waals surface area contributed by atoms with Gasteiger partial charge < -0.3 is 9.52 Å². The van der Waals surface area contributed by atoms with E-state index in [1.807, 2.05) is 0 Å². The van der Waals surface area contributed by atoms with Crippen LogP contribution in [0.15, 0.2) is 40.4 Å². The highest BCUT2D eigenvalue weighted by molar-refractivity contribution is 6.68. The minimum absolute atomic E-state index is 0.00160. The van der Waals surface area contributed by atoms with Gasteiger partial charge in [0.15, 0.2) is 5.78 Å². The lowest BCUT2D eigenvalue weighted by Crippen LogP contribution is -2.25. The maximum absolute atomic E-state index is 12.6. The molecular formula is C16H10B2O6. The molecule has 1 aliphatic rings. The number of rotatable bonds is 3. The second-order valence-corrected chi connectivity index (χ2v) is 5.47. The summed E-state index contributed by atoms with van der Waals surface area (Å²) in [5, 5.41) is 8.89. The fourth-order valence-corrected chi connectivity index (χ4v) is 2.57. The molecule has 0 bridgehead atoms. The molecule has 0 aliphatic heterocycles. The first-order valence-corrected chi connectivity index (χ1v) is 7.09. The summed E-state index contributed by atoms with van der Waals surface area (Å²) in [5.41, 5.74) is 1.03. The topological polar surface area (TPSA) is 102 Å². The number of furan rings is 1. The van der Waals surface area contributed by atoms with E-state index in [1.165, 1.54) is 32.1 Å². The van der Waals surface area contributed by atoms with E-state index in [1.54, 1.807) is 7.85 Å². The van der Waals surface area contributed by atoms with Crippen molar-refractivity contribution >= 4 is 44.5 Å². The number of aromatic carboxylic acids is 1. The highest BCUT2D eigenvalue weighted by Gasteiger charge is 2.35. The van der Waals surface area contributed by atoms with Crippen molar-refractivity contribution in [1.82, 2.24) is 0 Å². The minimum atomic E-state index is -1.10. The van der Waals surface area contributed by atoms with Crippen molar-refractivity contribution in [2.24, 2.45) is 0 Å². The second-order valence-electron chi connectivity index (χ2n) is 5.47. The van der Waals surface area contributed by atoms with Gasteiger partial charge in [-0.25, -0.2) is 4.79 Å². The predicted molar refractivity (Wildman–Crippen MR) is 88.9 cm³/mol. The fraction of sp³-hybridized carbons (Fsp3) is 0. The van der Waals surface area contributed by atoms with Gasteiger partial charge in [-0.05, 0) is 23.1 Å². The van der Waals surface area contributed by atoms with Crippen LogP contribution >= 0.6 is 0 Å². The molecule has 3 rings (SSSR count). The average molecular weight is 320 g/mol. The van der Waals surface area contributed by atoms with Crippen LogP contribution in [0.5, 0.6) is 0 Å². The molecule has 1 aliphatic carbocycles. The number of allylic oxidation sites excluding steroid dienone is 1. The molecule has 0 saturated carbocycles. The van der Waals surface area contributed by atoms with E-state index in [2.05, 4.69) is 0 Å². The number of ketones is 3. The maximum atomic E-state index is 12.6. The zero-order valence-electron chi connectivity index (χ0n) is 12.9. The zero-order chi connectivity index (χ0) is 17.6. The lowest BCUT2D eigenvalue weighted by atomic mass is 9.70. The minimum Gasteiger partial charge on any atom is -0.478 e. The van der Waals surface area contributed by atoms with Crippen molar-refractivity contribution in [3.8, 4) is 0 Å². The van der Waals surface area contributed by atoms with Crippen molar-refractivity contribution in [2.75, 3.05) is 0 Å². The molecule has 0 radical (unpaired) electrons. The highest BCUT2D eigenvalue weighted by atomic mass is 16.4. The van der Waals surface area contributed by atoms with E-state index in [9.17, 15) is 19.2 Å². The number of Topliss-reactive ketones (excluding diaryl/α,β-unsaturated/α-hetero) is 2. The Hall–Kier alpha value is -3.15. The predicted octanol–water partition coefficient (Wildman–Crippen LogP) is -0.0910. The standard InChI is InChI=1S/C16H10B2O6/c17-10-11(18)15-9(13(20)14(10)21)8(5-24-15)12(19)6-1-3-7(4-2-6)16(22)23/h1-5H,17-18H2,(H,22,23). The van der Waals surface area contributed by atoms with Crippen LogP contribution in [0.2, 0.25) is 0 Å². The number of hydrogen-bond donors (Lipinski definition) is 1. The van der Waals surface area contributed by atoms with Gasteiger partial charge in [-0.15, -0.1) is 0 Å². The Kier molecular flexibility index (Phi) is 3.60. The lowest BCUT2D eigenvalue weighted by molar-refractivity contribution is -0.111. The van der Waals surface area contributed by atoms with Crippen molar-refractivity contribution in [2.45, 2.75) is 0 Å². The van der Waals surface area contributed by atoms with Gasteiger partial charge in [0.25, 0.3) is 0 Å². The van der Waals surface area contributed by atoms with Gasteiger partial charge in [-0.2, -0.15) is 0 Å². The van der Waals surface area contributed by atoms with Crippen molar-refractivity contribution < 1.29 is 28.7 Å². The van der Waals surface area contributed by atoms with Crippen LogP contribution in [-0.4, -0.2) is 44.1 Å². The summed E-state index contributed by atoms with van der Waals surface area (Å²) in [6.07, 6.45) is 1.16. The Morgan fingerprint density at radius 2 is 1.50 bits per heavy atom. The molecule has 116 valence electrons. The van der Waals surface area contributed by atoms with Crippen LogP contribution in [0.25, 0.3) is 5.47 Å². The molecule has 1 aromatic heterocycles. The van der Waals surface area contributed by atoms with E-state index in [-0.39, 0.29) is 28.0 Å². The largest absolute Gasteiger partial charge is 0.478 e. The fourth-order valence-electron chi connectivity index (χ4n) is 2.57. The molecule has 1 aromatic carbocycles. The van der Waals surface area contributed by atoms with E-state index >= 15 is 0 Å². The van der Waals surface area contributed by atoms with Crippen molar-refractivity contribution in [3.63, 3.8) is 0 Å². The lowest BCUT2D eigenvalue weighted by Gasteiger charge is -2.13. The monoisotopic (exact) mass is 320 g/mol. The number of carboxylic acid groups (broad SMARTS) is 1. The van der Waals surface area contributed by atoms with Crippen LogP contribution < -0.4 is 0 Å². The molecule has 1 heterocycles. The van der Waals surface area contributed by atoms with Crippen LogP contribution in [-0.2, 0) is 4.79 Å². The summed E-state index contributed by atoms with van der Waals surface area (Å²) in [6.45, 7) is 0. The third kappa shape index (κ3) is 2.23. The molecule has 0 unspecified atom stereocenters. The van der Waals surface area contributed by atoms with Crippen LogP contribution in [0.1, 0.15) is 42.4 Å².